The number of ether oxygens (including phenoxy) is 2. The number of amidine groups is 1. The molecule has 12 heteroatoms. The summed E-state index contributed by atoms with van der Waals surface area (Å²) in [5, 5.41) is 13.1. The van der Waals surface area contributed by atoms with Crippen LogP contribution in [0.2, 0.25) is 10.0 Å². The number of nitrogens with two attached hydrogens (primary N) is 1. The molecule has 1 saturated heterocycles. The van der Waals surface area contributed by atoms with Crippen LogP contribution >= 0.6 is 23.2 Å². The van der Waals surface area contributed by atoms with Crippen molar-refractivity contribution in [2.24, 2.45) is 16.6 Å². The molecule has 2 heterocycles. The fourth-order valence-corrected chi connectivity index (χ4v) is 5.58. The number of halogens is 2. The van der Waals surface area contributed by atoms with Gasteiger partial charge in [0.05, 0.1) is 21.7 Å². The van der Waals surface area contributed by atoms with Gasteiger partial charge in [-0.25, -0.2) is 4.79 Å². The van der Waals surface area contributed by atoms with Gasteiger partial charge in [0.2, 0.25) is 12.7 Å². The van der Waals surface area contributed by atoms with Crippen LogP contribution in [0.15, 0.2) is 65.7 Å². The Morgan fingerprint density at radius 2 is 1.78 bits per heavy atom. The third-order valence-corrected chi connectivity index (χ3v) is 7.75. The second-order valence-electron chi connectivity index (χ2n) is 9.73. The Balaban J connectivity index is 1.31. The van der Waals surface area contributed by atoms with E-state index in [0.717, 1.165) is 5.56 Å². The van der Waals surface area contributed by atoms with Gasteiger partial charge in [-0.2, -0.15) is 0 Å². The summed E-state index contributed by atoms with van der Waals surface area (Å²) >= 11 is 12.2. The van der Waals surface area contributed by atoms with Crippen molar-refractivity contribution in [3.8, 4) is 11.5 Å². The first-order valence-corrected chi connectivity index (χ1v) is 13.4. The highest BCUT2D eigenvalue weighted by atomic mass is 35.5. The summed E-state index contributed by atoms with van der Waals surface area (Å²) in [5.41, 5.74) is 8.46. The van der Waals surface area contributed by atoms with Crippen LogP contribution in [0, 0.1) is 5.92 Å². The fourth-order valence-electron chi connectivity index (χ4n) is 5.01. The number of amides is 2. The SMILES string of the molecule is CN1C(=O)C[C@H](C(N)=N[C@@H](Cc2ccc(NC(=O)c3c(Cl)cccc3Cl)cc2)C(=O)O)C1c1ccc2c(c1)OCO2. The number of carboxylic acid groups (broad SMARTS) is 1. The van der Waals surface area contributed by atoms with E-state index in [1.807, 2.05) is 6.07 Å². The van der Waals surface area contributed by atoms with Crippen molar-refractivity contribution < 1.29 is 29.0 Å². The highest BCUT2D eigenvalue weighted by Gasteiger charge is 2.41. The number of aliphatic carboxylic acids is 1. The molecule has 2 aliphatic heterocycles. The lowest BCUT2D eigenvalue weighted by Crippen LogP contribution is -2.33. The molecule has 3 aromatic carbocycles. The normalized spacial score (nSPS) is 18.9. The van der Waals surface area contributed by atoms with E-state index < -0.39 is 29.9 Å². The van der Waals surface area contributed by atoms with Crippen molar-refractivity contribution in [3.63, 3.8) is 0 Å². The largest absolute Gasteiger partial charge is 0.480 e. The number of nitrogens with zero attached hydrogens (tertiary/aromatic N) is 2. The Labute approximate surface area is 245 Å². The highest BCUT2D eigenvalue weighted by Crippen LogP contribution is 2.41. The molecule has 0 aromatic heterocycles. The quantitative estimate of drug-likeness (QED) is 0.255. The minimum Gasteiger partial charge on any atom is -0.480 e. The summed E-state index contributed by atoms with van der Waals surface area (Å²) in [7, 11) is 1.68. The van der Waals surface area contributed by atoms with Crippen molar-refractivity contribution in [1.82, 2.24) is 4.90 Å². The zero-order chi connectivity index (χ0) is 29.3. The number of carboxylic acids is 1. The number of benzene rings is 3. The van der Waals surface area contributed by atoms with E-state index in [1.165, 1.54) is 0 Å². The molecule has 1 fully saturated rings. The van der Waals surface area contributed by atoms with E-state index in [9.17, 15) is 19.5 Å². The van der Waals surface area contributed by atoms with Crippen LogP contribution in [0.1, 0.15) is 33.9 Å². The Hall–Kier alpha value is -4.28. The predicted octanol–water partition coefficient (Wildman–Crippen LogP) is 4.55. The summed E-state index contributed by atoms with van der Waals surface area (Å²) < 4.78 is 10.9. The van der Waals surface area contributed by atoms with Crippen molar-refractivity contribution in [1.29, 1.82) is 0 Å². The van der Waals surface area contributed by atoms with E-state index >= 15 is 0 Å². The summed E-state index contributed by atoms with van der Waals surface area (Å²) in [6, 6.07) is 15.2. The molecule has 0 saturated carbocycles. The van der Waals surface area contributed by atoms with Gasteiger partial charge >= 0.3 is 5.97 Å². The molecule has 2 aliphatic rings. The van der Waals surface area contributed by atoms with Crippen molar-refractivity contribution >= 4 is 52.5 Å². The maximum Gasteiger partial charge on any atom is 0.328 e. The van der Waals surface area contributed by atoms with Crippen LogP contribution in [0.5, 0.6) is 11.5 Å². The number of hydrogen-bond acceptors (Lipinski definition) is 6. The minimum absolute atomic E-state index is 0.0474. The number of carbonyl (C=O) groups is 3. The second kappa shape index (κ2) is 11.7. The molecule has 2 amide bonds. The van der Waals surface area contributed by atoms with Crippen LogP contribution in [0.4, 0.5) is 5.69 Å². The summed E-state index contributed by atoms with van der Waals surface area (Å²) in [4.78, 5) is 43.4. The average Bonchev–Trinajstić information content (AvgIpc) is 3.52. The first-order chi connectivity index (χ1) is 19.6. The summed E-state index contributed by atoms with van der Waals surface area (Å²) in [5.74, 6) is -1.01. The van der Waals surface area contributed by atoms with Gasteiger partial charge in [0, 0.05) is 31.5 Å². The van der Waals surface area contributed by atoms with Crippen LogP contribution < -0.4 is 20.5 Å². The highest BCUT2D eigenvalue weighted by molar-refractivity contribution is 6.40. The van der Waals surface area contributed by atoms with Crippen molar-refractivity contribution in [3.05, 3.63) is 87.4 Å². The Morgan fingerprint density at radius 3 is 2.46 bits per heavy atom. The second-order valence-corrected chi connectivity index (χ2v) is 10.5. The molecule has 3 aromatic rings. The Bertz CT molecular complexity index is 1520. The molecule has 1 unspecified atom stereocenters. The topological polar surface area (TPSA) is 144 Å². The van der Waals surface area contributed by atoms with Gasteiger partial charge in [0.15, 0.2) is 17.5 Å². The lowest BCUT2D eigenvalue weighted by molar-refractivity contribution is -0.138. The molecule has 41 heavy (non-hydrogen) atoms. The minimum atomic E-state index is -1.18. The van der Waals surface area contributed by atoms with Gasteiger partial charge in [-0.3, -0.25) is 14.6 Å². The lowest BCUT2D eigenvalue weighted by Gasteiger charge is -2.26. The van der Waals surface area contributed by atoms with Crippen LogP contribution in [0.3, 0.4) is 0 Å². The summed E-state index contributed by atoms with van der Waals surface area (Å²) in [6.07, 6.45) is 0.146. The Kier molecular flexibility index (Phi) is 8.05. The zero-order valence-electron chi connectivity index (χ0n) is 21.8. The van der Waals surface area contributed by atoms with E-state index in [0.29, 0.717) is 22.7 Å². The van der Waals surface area contributed by atoms with Gasteiger partial charge in [-0.1, -0.05) is 47.5 Å². The molecule has 212 valence electrons. The number of fused-ring (bicyclic) bond motifs is 1. The third kappa shape index (κ3) is 5.94. The number of carbonyl (C=O) groups excluding carboxylic acids is 2. The number of likely N-dealkylation sites (tertiary alicyclic amines) is 1. The van der Waals surface area contributed by atoms with Crippen LogP contribution in [-0.2, 0) is 16.0 Å². The molecular formula is C29H26Cl2N4O6. The molecule has 0 aliphatic carbocycles. The van der Waals surface area contributed by atoms with E-state index in [-0.39, 0.29) is 47.0 Å². The molecule has 4 N–H and O–H groups in total. The van der Waals surface area contributed by atoms with E-state index in [1.54, 1.807) is 66.5 Å². The number of nitrogens with one attached hydrogen (secondary N) is 1. The lowest BCUT2D eigenvalue weighted by atomic mass is 9.92. The predicted molar refractivity (Wildman–Crippen MR) is 154 cm³/mol. The standard InChI is InChI=1S/C29H26Cl2N4O6/c1-35-24(36)13-18(26(35)16-7-10-22-23(12-16)41-14-40-22)27(32)34-21(29(38)39)11-15-5-8-17(9-6-15)33-28(37)25-19(30)3-2-4-20(25)31/h2-10,12,18,21,26H,11,13-14H2,1H3,(H2,32,34)(H,33,37)(H,38,39)/t18-,21-,26?/m0/s1. The monoisotopic (exact) mass is 596 g/mol. The van der Waals surface area contributed by atoms with E-state index in [4.69, 9.17) is 38.4 Å². The molecule has 5 rings (SSSR count). The summed E-state index contributed by atoms with van der Waals surface area (Å²) in [6.45, 7) is 0.120. The first kappa shape index (κ1) is 28.3. The van der Waals surface area contributed by atoms with Crippen LogP contribution in [-0.4, -0.2) is 53.5 Å². The molecule has 0 radical (unpaired) electrons. The maximum absolute atomic E-state index is 12.7. The van der Waals surface area contributed by atoms with Crippen molar-refractivity contribution in [2.75, 3.05) is 19.2 Å². The fraction of sp³-hybridized carbons (Fsp3) is 0.241. The number of anilines is 1. The van der Waals surface area contributed by atoms with Gasteiger partial charge in [0.25, 0.3) is 5.91 Å². The molecule has 10 nitrogen and oxygen atoms in total. The van der Waals surface area contributed by atoms with Crippen molar-refractivity contribution in [2.45, 2.75) is 24.9 Å². The number of aliphatic imine (C=N–C) groups is 1. The maximum atomic E-state index is 12.7. The molecular weight excluding hydrogens is 571 g/mol. The molecule has 0 spiro atoms. The number of hydrogen-bond donors (Lipinski definition) is 3. The third-order valence-electron chi connectivity index (χ3n) is 7.13. The van der Waals surface area contributed by atoms with Gasteiger partial charge in [-0.15, -0.1) is 0 Å². The average molecular weight is 597 g/mol. The van der Waals surface area contributed by atoms with E-state index in [2.05, 4.69) is 10.3 Å². The smallest absolute Gasteiger partial charge is 0.328 e. The van der Waals surface area contributed by atoms with Gasteiger partial charge < -0.3 is 30.5 Å². The molecule has 3 atom stereocenters. The van der Waals surface area contributed by atoms with Crippen LogP contribution in [0.25, 0.3) is 0 Å². The first-order valence-electron chi connectivity index (χ1n) is 12.7. The number of rotatable bonds is 8. The van der Waals surface area contributed by atoms with Gasteiger partial charge in [0.1, 0.15) is 5.84 Å². The zero-order valence-corrected chi connectivity index (χ0v) is 23.4. The molecule has 0 bridgehead atoms. The van der Waals surface area contributed by atoms with Gasteiger partial charge in [-0.05, 0) is 47.5 Å². The Morgan fingerprint density at radius 1 is 1.10 bits per heavy atom.